The molecule has 3 heterocycles. The third kappa shape index (κ3) is 5.13. The van der Waals surface area contributed by atoms with E-state index in [1.54, 1.807) is 17.0 Å². The molecule has 0 unspecified atom stereocenters. The number of hydrogen-bond donors (Lipinski definition) is 1. The van der Waals surface area contributed by atoms with Gasteiger partial charge in [0.05, 0.1) is 21.3 Å². The number of aryl methyl sites for hydroxylation is 1. The molecule has 12 heteroatoms. The number of anilines is 2. The van der Waals surface area contributed by atoms with E-state index in [2.05, 4.69) is 20.0 Å². The zero-order chi connectivity index (χ0) is 25.4. The normalized spacial score (nSPS) is 14.2. The second-order valence-electron chi connectivity index (χ2n) is 8.53. The van der Waals surface area contributed by atoms with Gasteiger partial charge in [0.15, 0.2) is 10.9 Å². The summed E-state index contributed by atoms with van der Waals surface area (Å²) in [5, 5.41) is 3.57. The zero-order valence-electron chi connectivity index (χ0n) is 19.3. The van der Waals surface area contributed by atoms with E-state index in [-0.39, 0.29) is 17.4 Å². The molecular formula is C24H22F3N5O3S. The van der Waals surface area contributed by atoms with Gasteiger partial charge in [-0.05, 0) is 43.2 Å². The summed E-state index contributed by atoms with van der Waals surface area (Å²) in [5.74, 6) is 0.317. The predicted octanol–water partition coefficient (Wildman–Crippen LogP) is 5.41. The summed E-state index contributed by atoms with van der Waals surface area (Å²) in [6, 6.07) is 9.29. The van der Waals surface area contributed by atoms with E-state index in [4.69, 9.17) is 0 Å². The van der Waals surface area contributed by atoms with E-state index in [1.807, 2.05) is 17.7 Å². The Kier molecular flexibility index (Phi) is 6.29. The highest BCUT2D eigenvalue weighted by Gasteiger charge is 2.31. The number of benzene rings is 2. The van der Waals surface area contributed by atoms with E-state index >= 15 is 0 Å². The minimum Gasteiger partial charge on any atom is -0.406 e. The van der Waals surface area contributed by atoms with Gasteiger partial charge in [0.25, 0.3) is 0 Å². The Labute approximate surface area is 207 Å². The minimum absolute atomic E-state index is 0.00763. The lowest BCUT2D eigenvalue weighted by Gasteiger charge is -2.14. The van der Waals surface area contributed by atoms with Gasteiger partial charge in [-0.3, -0.25) is 9.59 Å². The molecule has 0 spiro atoms. The van der Waals surface area contributed by atoms with Crippen LogP contribution in [0.2, 0.25) is 0 Å². The number of amides is 1. The van der Waals surface area contributed by atoms with Gasteiger partial charge in [-0.1, -0.05) is 11.3 Å². The molecule has 0 saturated carbocycles. The Balaban J connectivity index is 1.29. The van der Waals surface area contributed by atoms with Crippen molar-refractivity contribution in [3.8, 4) is 5.75 Å². The Hall–Kier alpha value is -3.67. The largest absolute Gasteiger partial charge is 0.573 e. The number of nitrogens with zero attached hydrogens (tertiary/aromatic N) is 4. The van der Waals surface area contributed by atoms with Crippen LogP contribution in [0.1, 0.15) is 36.0 Å². The number of alkyl halides is 3. The van der Waals surface area contributed by atoms with Crippen LogP contribution < -0.4 is 10.1 Å². The number of carbonyl (C=O) groups is 2. The molecule has 0 radical (unpaired) electrons. The average molecular weight is 518 g/mol. The highest BCUT2D eigenvalue weighted by atomic mass is 32.1. The van der Waals surface area contributed by atoms with Gasteiger partial charge in [-0.15, -0.1) is 13.2 Å². The second-order valence-corrected chi connectivity index (χ2v) is 9.56. The number of ketones is 1. The van der Waals surface area contributed by atoms with Crippen molar-refractivity contribution in [1.82, 2.24) is 19.4 Å². The first-order valence-electron chi connectivity index (χ1n) is 11.4. The first kappa shape index (κ1) is 24.0. The Morgan fingerprint density at radius 2 is 2.00 bits per heavy atom. The fourth-order valence-corrected chi connectivity index (χ4v) is 5.14. The molecule has 1 N–H and O–H groups in total. The number of hydrogen-bond acceptors (Lipinski definition) is 7. The van der Waals surface area contributed by atoms with Crippen LogP contribution in [0.25, 0.3) is 21.3 Å². The number of imidazole rings is 1. The summed E-state index contributed by atoms with van der Waals surface area (Å²) in [7, 11) is 1.81. The van der Waals surface area contributed by atoms with E-state index in [9.17, 15) is 22.8 Å². The first-order chi connectivity index (χ1) is 17.2. The van der Waals surface area contributed by atoms with E-state index in [0.717, 1.165) is 18.5 Å². The smallest absolute Gasteiger partial charge is 0.406 e. The number of ether oxygens (including phenoxy) is 1. The lowest BCUT2D eigenvalue weighted by molar-refractivity contribution is -0.274. The average Bonchev–Trinajstić information content (AvgIpc) is 3.49. The molecule has 188 valence electrons. The maximum atomic E-state index is 12.7. The number of nitrogens with one attached hydrogen (secondary N) is 1. The van der Waals surface area contributed by atoms with Crippen molar-refractivity contribution >= 4 is 55.4 Å². The molecule has 1 aliphatic heterocycles. The van der Waals surface area contributed by atoms with E-state index in [0.29, 0.717) is 58.2 Å². The number of rotatable bonds is 8. The summed E-state index contributed by atoms with van der Waals surface area (Å²) >= 11 is 1.17. The molecule has 8 nitrogen and oxygen atoms in total. The van der Waals surface area contributed by atoms with Crippen molar-refractivity contribution in [3.63, 3.8) is 0 Å². The van der Waals surface area contributed by atoms with Crippen LogP contribution in [0, 0.1) is 0 Å². The van der Waals surface area contributed by atoms with Crippen LogP contribution in [-0.2, 0) is 11.8 Å². The Morgan fingerprint density at radius 3 is 2.75 bits per heavy atom. The summed E-state index contributed by atoms with van der Waals surface area (Å²) in [5.41, 5.74) is 2.51. The maximum Gasteiger partial charge on any atom is 0.573 e. The van der Waals surface area contributed by atoms with Crippen LogP contribution in [0.5, 0.6) is 5.75 Å². The van der Waals surface area contributed by atoms with Crippen molar-refractivity contribution in [1.29, 1.82) is 0 Å². The van der Waals surface area contributed by atoms with Crippen molar-refractivity contribution in [3.05, 3.63) is 42.0 Å². The number of likely N-dealkylation sites (tertiary alicyclic amines) is 1. The van der Waals surface area contributed by atoms with Crippen molar-refractivity contribution in [2.45, 2.75) is 32.0 Å². The standard InChI is InChI=1S/C24H22F3N5O3S/c1-31-18-9-6-14(19(33)4-2-10-32-11-3-5-21(32)34)12-17(18)28-22(31)30-23-29-16-8-7-15(13-20(16)36-23)35-24(25,26)27/h6-9,12-13H,2-5,10-11H2,1H3,(H,28,29,30). The number of halogens is 3. The fourth-order valence-electron chi connectivity index (χ4n) is 4.25. The van der Waals surface area contributed by atoms with Gasteiger partial charge < -0.3 is 19.5 Å². The predicted molar refractivity (Wildman–Crippen MR) is 130 cm³/mol. The van der Waals surface area contributed by atoms with Crippen molar-refractivity contribution in [2.24, 2.45) is 7.05 Å². The Morgan fingerprint density at radius 1 is 1.17 bits per heavy atom. The second kappa shape index (κ2) is 9.41. The van der Waals surface area contributed by atoms with Gasteiger partial charge in [0, 0.05) is 44.6 Å². The molecule has 1 aliphatic rings. The number of carbonyl (C=O) groups excluding carboxylic acids is 2. The van der Waals surface area contributed by atoms with E-state index < -0.39 is 6.36 Å². The summed E-state index contributed by atoms with van der Waals surface area (Å²) in [6.45, 7) is 1.36. The minimum atomic E-state index is -4.76. The fraction of sp³-hybridized carbons (Fsp3) is 0.333. The zero-order valence-corrected chi connectivity index (χ0v) is 20.1. The molecule has 5 rings (SSSR count). The summed E-state index contributed by atoms with van der Waals surface area (Å²) < 4.78 is 43.8. The molecule has 4 aromatic rings. The van der Waals surface area contributed by atoms with Crippen LogP contribution in [-0.4, -0.2) is 50.6 Å². The highest BCUT2D eigenvalue weighted by Crippen LogP contribution is 2.33. The molecule has 1 amide bonds. The third-order valence-corrected chi connectivity index (χ3v) is 6.95. The molecule has 2 aromatic carbocycles. The molecule has 0 atom stereocenters. The maximum absolute atomic E-state index is 12.7. The molecule has 2 aromatic heterocycles. The molecule has 0 aliphatic carbocycles. The highest BCUT2D eigenvalue weighted by molar-refractivity contribution is 7.22. The number of thiazole rings is 1. The van der Waals surface area contributed by atoms with Crippen molar-refractivity contribution < 1.29 is 27.5 Å². The van der Waals surface area contributed by atoms with Gasteiger partial charge in [-0.2, -0.15) is 0 Å². The van der Waals surface area contributed by atoms with Crippen LogP contribution >= 0.6 is 11.3 Å². The first-order valence-corrected chi connectivity index (χ1v) is 12.2. The topological polar surface area (TPSA) is 89.3 Å². The van der Waals surface area contributed by atoms with E-state index in [1.165, 1.54) is 29.5 Å². The number of aromatic nitrogens is 3. The van der Waals surface area contributed by atoms with Crippen LogP contribution in [0.15, 0.2) is 36.4 Å². The van der Waals surface area contributed by atoms with Crippen molar-refractivity contribution in [2.75, 3.05) is 18.4 Å². The summed E-state index contributed by atoms with van der Waals surface area (Å²) in [4.78, 5) is 35.2. The SMILES string of the molecule is Cn1c(Nc2nc3ccc(OC(F)(F)F)cc3s2)nc2cc(C(=O)CCCN3CCCC3=O)ccc21. The molecule has 1 fully saturated rings. The quantitative estimate of drug-likeness (QED) is 0.315. The van der Waals surface area contributed by atoms with Crippen LogP contribution in [0.3, 0.4) is 0 Å². The van der Waals surface area contributed by atoms with Gasteiger partial charge >= 0.3 is 6.36 Å². The number of fused-ring (bicyclic) bond motifs is 2. The third-order valence-electron chi connectivity index (χ3n) is 6.02. The lowest BCUT2D eigenvalue weighted by atomic mass is 10.1. The summed E-state index contributed by atoms with van der Waals surface area (Å²) in [6.07, 6.45) is -2.33. The molecule has 1 saturated heterocycles. The van der Waals surface area contributed by atoms with Gasteiger partial charge in [0.1, 0.15) is 5.75 Å². The van der Waals surface area contributed by atoms with Gasteiger partial charge in [-0.25, -0.2) is 9.97 Å². The molecule has 36 heavy (non-hydrogen) atoms. The van der Waals surface area contributed by atoms with Crippen LogP contribution in [0.4, 0.5) is 24.3 Å². The number of Topliss-reactive ketones (excluding diaryl/α,β-unsaturated/α-hetero) is 1. The molecule has 0 bridgehead atoms. The lowest BCUT2D eigenvalue weighted by Crippen LogP contribution is -2.26. The molecular weight excluding hydrogens is 495 g/mol. The monoisotopic (exact) mass is 517 g/mol. The Bertz CT molecular complexity index is 1460. The van der Waals surface area contributed by atoms with Gasteiger partial charge in [0.2, 0.25) is 11.9 Å².